The molecular weight excluding hydrogens is 537 g/mol. The number of rotatable bonds is 8. The highest BCUT2D eigenvalue weighted by atomic mass is 127. The number of nitrogens with one attached hydrogen (secondary N) is 2. The lowest BCUT2D eigenvalue weighted by atomic mass is 10.1. The van der Waals surface area contributed by atoms with Gasteiger partial charge >= 0.3 is 0 Å². The van der Waals surface area contributed by atoms with Crippen LogP contribution in [-0.4, -0.2) is 75.3 Å². The first-order valence-corrected chi connectivity index (χ1v) is 12.3. The standard InChI is InChI=1S/C23H35N5O2S.HI/c1-24-23(25-17-19(21-7-5-13-30-21)27-9-3-2-4-10-27)26-18-20(22-8-6-16-31-22)28-11-14-29-15-12-28;/h5-8,13,16,19-20H,2-4,9-12,14-15,17-18H2,1H3,(H2,24,25,26);1H. The van der Waals surface area contributed by atoms with Crippen molar-refractivity contribution < 1.29 is 9.15 Å². The zero-order valence-corrected chi connectivity index (χ0v) is 22.0. The number of guanidine groups is 1. The molecule has 2 unspecified atom stereocenters. The van der Waals surface area contributed by atoms with Crippen LogP contribution in [0.1, 0.15) is 42.0 Å². The highest BCUT2D eigenvalue weighted by Crippen LogP contribution is 2.26. The number of hydrogen-bond donors (Lipinski definition) is 2. The Kier molecular flexibility index (Phi) is 10.8. The molecule has 2 aliphatic heterocycles. The molecule has 2 fully saturated rings. The molecule has 0 aliphatic carbocycles. The second kappa shape index (κ2) is 13.5. The van der Waals surface area contributed by atoms with Crippen molar-refractivity contribution in [2.75, 3.05) is 59.5 Å². The number of furan rings is 1. The number of likely N-dealkylation sites (tertiary alicyclic amines) is 1. The molecule has 2 N–H and O–H groups in total. The molecule has 0 spiro atoms. The number of thiophene rings is 1. The normalized spacial score (nSPS) is 20.3. The van der Waals surface area contributed by atoms with E-state index in [0.717, 1.165) is 64.2 Å². The predicted molar refractivity (Wildman–Crippen MR) is 141 cm³/mol. The second-order valence-electron chi connectivity index (χ2n) is 8.14. The van der Waals surface area contributed by atoms with Gasteiger partial charge in [0.1, 0.15) is 5.76 Å². The molecule has 2 aromatic rings. The van der Waals surface area contributed by atoms with Crippen molar-refractivity contribution in [3.8, 4) is 0 Å². The van der Waals surface area contributed by atoms with Gasteiger partial charge in [-0.1, -0.05) is 12.5 Å². The Morgan fingerprint density at radius 3 is 2.34 bits per heavy atom. The van der Waals surface area contributed by atoms with Crippen molar-refractivity contribution in [3.05, 3.63) is 46.5 Å². The lowest BCUT2D eigenvalue weighted by molar-refractivity contribution is 0.0177. The zero-order valence-electron chi connectivity index (χ0n) is 18.9. The van der Waals surface area contributed by atoms with Crippen molar-refractivity contribution in [3.63, 3.8) is 0 Å². The van der Waals surface area contributed by atoms with E-state index in [-0.39, 0.29) is 30.0 Å². The van der Waals surface area contributed by atoms with Crippen LogP contribution < -0.4 is 10.6 Å². The summed E-state index contributed by atoms with van der Waals surface area (Å²) >= 11 is 1.82. The maximum absolute atomic E-state index is 5.78. The maximum Gasteiger partial charge on any atom is 0.191 e. The van der Waals surface area contributed by atoms with E-state index in [0.29, 0.717) is 6.04 Å². The third kappa shape index (κ3) is 6.93. The van der Waals surface area contributed by atoms with Crippen molar-refractivity contribution >= 4 is 41.3 Å². The number of ether oxygens (including phenoxy) is 1. The number of hydrogen-bond acceptors (Lipinski definition) is 6. The number of nitrogens with zero attached hydrogens (tertiary/aromatic N) is 3. The van der Waals surface area contributed by atoms with Gasteiger partial charge in [-0.3, -0.25) is 14.8 Å². The van der Waals surface area contributed by atoms with E-state index in [1.165, 1.54) is 24.1 Å². The minimum atomic E-state index is 0. The molecule has 2 saturated heterocycles. The molecule has 0 amide bonds. The van der Waals surface area contributed by atoms with E-state index >= 15 is 0 Å². The van der Waals surface area contributed by atoms with Gasteiger partial charge in [0.2, 0.25) is 0 Å². The smallest absolute Gasteiger partial charge is 0.191 e. The fraction of sp³-hybridized carbons (Fsp3) is 0.609. The lowest BCUT2D eigenvalue weighted by Crippen LogP contribution is -2.48. The van der Waals surface area contributed by atoms with Gasteiger partial charge < -0.3 is 19.8 Å². The van der Waals surface area contributed by atoms with Crippen LogP contribution in [0.25, 0.3) is 0 Å². The van der Waals surface area contributed by atoms with Crippen molar-refractivity contribution in [2.24, 2.45) is 4.99 Å². The van der Waals surface area contributed by atoms with E-state index in [1.54, 1.807) is 6.26 Å². The zero-order chi connectivity index (χ0) is 21.3. The molecule has 9 heteroatoms. The van der Waals surface area contributed by atoms with Gasteiger partial charge in [-0.2, -0.15) is 0 Å². The topological polar surface area (TPSA) is 65.3 Å². The summed E-state index contributed by atoms with van der Waals surface area (Å²) in [6.07, 6.45) is 5.61. The summed E-state index contributed by atoms with van der Waals surface area (Å²) in [5, 5.41) is 9.28. The maximum atomic E-state index is 5.78. The van der Waals surface area contributed by atoms with Crippen LogP contribution in [0.2, 0.25) is 0 Å². The molecule has 178 valence electrons. The molecule has 0 bridgehead atoms. The minimum Gasteiger partial charge on any atom is -0.468 e. The molecule has 2 atom stereocenters. The number of piperidine rings is 1. The fourth-order valence-electron chi connectivity index (χ4n) is 4.51. The average molecular weight is 574 g/mol. The van der Waals surface area contributed by atoms with Gasteiger partial charge in [0.05, 0.1) is 31.6 Å². The summed E-state index contributed by atoms with van der Waals surface area (Å²) in [6, 6.07) is 8.97. The van der Waals surface area contributed by atoms with Gasteiger partial charge in [0.15, 0.2) is 5.96 Å². The molecule has 2 aromatic heterocycles. The van der Waals surface area contributed by atoms with Gasteiger partial charge in [0, 0.05) is 38.1 Å². The van der Waals surface area contributed by atoms with Crippen molar-refractivity contribution in [1.29, 1.82) is 0 Å². The molecule has 4 heterocycles. The summed E-state index contributed by atoms with van der Waals surface area (Å²) in [4.78, 5) is 10.9. The number of aliphatic imine (C=N–C) groups is 1. The minimum absolute atomic E-state index is 0. The van der Waals surface area contributed by atoms with E-state index in [9.17, 15) is 0 Å². The van der Waals surface area contributed by atoms with Gasteiger partial charge in [-0.05, 0) is 49.5 Å². The van der Waals surface area contributed by atoms with Crippen LogP contribution >= 0.6 is 35.3 Å². The van der Waals surface area contributed by atoms with E-state index < -0.39 is 0 Å². The van der Waals surface area contributed by atoms with Crippen LogP contribution in [-0.2, 0) is 4.74 Å². The largest absolute Gasteiger partial charge is 0.468 e. The first-order chi connectivity index (χ1) is 15.3. The van der Waals surface area contributed by atoms with Gasteiger partial charge in [-0.25, -0.2) is 0 Å². The van der Waals surface area contributed by atoms with Crippen LogP contribution in [0.5, 0.6) is 0 Å². The molecule has 2 aliphatic rings. The predicted octanol–water partition coefficient (Wildman–Crippen LogP) is 3.72. The van der Waals surface area contributed by atoms with Crippen LogP contribution in [0, 0.1) is 0 Å². The van der Waals surface area contributed by atoms with E-state index in [4.69, 9.17) is 9.15 Å². The molecular formula is C23H36IN5O2S. The first kappa shape index (κ1) is 25.5. The van der Waals surface area contributed by atoms with Crippen molar-refractivity contribution in [2.45, 2.75) is 31.3 Å². The highest BCUT2D eigenvalue weighted by molar-refractivity contribution is 14.0. The fourth-order valence-corrected chi connectivity index (χ4v) is 5.37. The SMILES string of the molecule is CN=C(NCC(c1ccco1)N1CCCCC1)NCC(c1cccs1)N1CCOCC1.I. The number of halogens is 1. The second-order valence-corrected chi connectivity index (χ2v) is 9.12. The Hall–Kier alpha value is -1.14. The molecule has 0 aromatic carbocycles. The Bertz CT molecular complexity index is 712. The van der Waals surface area contributed by atoms with Crippen LogP contribution in [0.3, 0.4) is 0 Å². The number of morpholine rings is 1. The molecule has 0 saturated carbocycles. The average Bonchev–Trinajstić information content (AvgIpc) is 3.54. The van der Waals surface area contributed by atoms with Gasteiger partial charge in [0.25, 0.3) is 0 Å². The quantitative estimate of drug-likeness (QED) is 0.285. The molecule has 7 nitrogen and oxygen atoms in total. The monoisotopic (exact) mass is 573 g/mol. The Morgan fingerprint density at radius 1 is 1.00 bits per heavy atom. The van der Waals surface area contributed by atoms with Gasteiger partial charge in [-0.15, -0.1) is 35.3 Å². The van der Waals surface area contributed by atoms with E-state index in [1.807, 2.05) is 24.5 Å². The Labute approximate surface area is 212 Å². The lowest BCUT2D eigenvalue weighted by Gasteiger charge is -2.35. The third-order valence-electron chi connectivity index (χ3n) is 6.21. The molecule has 0 radical (unpaired) electrons. The summed E-state index contributed by atoms with van der Waals surface area (Å²) in [6.45, 7) is 7.36. The first-order valence-electron chi connectivity index (χ1n) is 11.4. The Morgan fingerprint density at radius 2 is 1.72 bits per heavy atom. The highest BCUT2D eigenvalue weighted by Gasteiger charge is 2.26. The van der Waals surface area contributed by atoms with Crippen LogP contribution in [0.15, 0.2) is 45.3 Å². The molecule has 32 heavy (non-hydrogen) atoms. The summed E-state index contributed by atoms with van der Waals surface area (Å²) in [5.41, 5.74) is 0. The Balaban J connectivity index is 0.00000289. The van der Waals surface area contributed by atoms with Crippen molar-refractivity contribution in [1.82, 2.24) is 20.4 Å². The van der Waals surface area contributed by atoms with E-state index in [2.05, 4.69) is 49.0 Å². The molecule has 4 rings (SSSR count). The summed E-state index contributed by atoms with van der Waals surface area (Å²) in [5.74, 6) is 1.86. The summed E-state index contributed by atoms with van der Waals surface area (Å²) in [7, 11) is 1.84. The third-order valence-corrected chi connectivity index (χ3v) is 7.18. The van der Waals surface area contributed by atoms with Crippen LogP contribution in [0.4, 0.5) is 0 Å². The summed E-state index contributed by atoms with van der Waals surface area (Å²) < 4.78 is 11.3.